The van der Waals surface area contributed by atoms with Crippen LogP contribution in [0.1, 0.15) is 113 Å². The van der Waals surface area contributed by atoms with E-state index in [0.717, 1.165) is 74.5 Å². The summed E-state index contributed by atoms with van der Waals surface area (Å²) in [5.74, 6) is 3.32. The fourth-order valence-electron chi connectivity index (χ4n) is 10.8. The summed E-state index contributed by atoms with van der Waals surface area (Å²) in [7, 11) is 22.0. The van der Waals surface area contributed by atoms with E-state index in [1.807, 2.05) is 138 Å². The molecule has 3 saturated heterocycles. The molecule has 0 bridgehead atoms. The first kappa shape index (κ1) is 79.3. The van der Waals surface area contributed by atoms with E-state index >= 15 is 0 Å². The summed E-state index contributed by atoms with van der Waals surface area (Å²) in [5.41, 5.74) is 5.61. The molecule has 0 radical (unpaired) electrons. The van der Waals surface area contributed by atoms with Gasteiger partial charge in [0, 0.05) is 94.6 Å². The number of amides is 6. The maximum Gasteiger partial charge on any atom is 0.231 e. The van der Waals surface area contributed by atoms with Gasteiger partial charge >= 0.3 is 0 Å². The van der Waals surface area contributed by atoms with Crippen LogP contribution in [0.3, 0.4) is 0 Å². The Morgan fingerprint density at radius 3 is 0.792 bits per heavy atom. The largest absolute Gasteiger partial charge is 0.349 e. The van der Waals surface area contributed by atoms with E-state index in [2.05, 4.69) is 0 Å². The zero-order chi connectivity index (χ0) is 69.3. The van der Waals surface area contributed by atoms with Gasteiger partial charge in [0.15, 0.2) is 0 Å². The number of nitrogens with zero attached hydrogens (tertiary/aromatic N) is 6. The third-order valence-corrected chi connectivity index (χ3v) is 27.0. The van der Waals surface area contributed by atoms with Gasteiger partial charge in [-0.05, 0) is 129 Å². The van der Waals surface area contributed by atoms with Crippen molar-refractivity contribution in [1.29, 1.82) is 0 Å². The summed E-state index contributed by atoms with van der Waals surface area (Å²) in [4.78, 5) is 87.3. The lowest BCUT2D eigenvalue weighted by Gasteiger charge is -2.27. The molecule has 0 N–H and O–H groups in total. The minimum Gasteiger partial charge on any atom is -0.349 e. The van der Waals surface area contributed by atoms with Gasteiger partial charge in [-0.2, -0.15) is 0 Å². The quantitative estimate of drug-likeness (QED) is 0.0360. The molecule has 3 fully saturated rings. The summed E-state index contributed by atoms with van der Waals surface area (Å²) in [6.45, 7) is 0. The Morgan fingerprint density at radius 1 is 0.333 bits per heavy atom. The second-order valence-electron chi connectivity index (χ2n) is 23.9. The minimum atomic E-state index is -0.0711. The Kier molecular flexibility index (Phi) is 33.9. The number of hydrogen-bond acceptors (Lipinski definition) is 12. The van der Waals surface area contributed by atoms with Crippen LogP contribution in [-0.2, 0) is 48.0 Å². The van der Waals surface area contributed by atoms with Gasteiger partial charge in [-0.25, -0.2) is 0 Å². The van der Waals surface area contributed by atoms with Crippen molar-refractivity contribution in [1.82, 2.24) is 14.7 Å². The monoisotopic (exact) mass is 1530 g/mol. The molecule has 0 aromatic heterocycles. The standard InChI is InChI=1S/3C24H28Cl2N2O2S2/c3*1-27(2)23(30)16-17-8-3-5-12-21(17)28(24-19(25)10-7-11-20(24)26)22(29)13-6-4-9-18-14-15-31-32-18/h3*3,5,7-8,10-12,18H,4,6,9,13-16H2,1-2H3/t2*18-;/m10./s1. The summed E-state index contributed by atoms with van der Waals surface area (Å²) >= 11 is 39.1. The van der Waals surface area contributed by atoms with Gasteiger partial charge in [-0.15, -0.1) is 0 Å². The maximum atomic E-state index is 13.5. The Hall–Kier alpha value is -4.02. The predicted molar refractivity (Wildman–Crippen MR) is 418 cm³/mol. The van der Waals surface area contributed by atoms with E-state index in [1.165, 1.54) is 36.5 Å². The summed E-state index contributed by atoms with van der Waals surface area (Å²) < 4.78 is 0. The molecule has 3 heterocycles. The Balaban J connectivity index is 0.000000203. The molecule has 3 aliphatic heterocycles. The fraction of sp³-hybridized carbons (Fsp3) is 0.417. The molecule has 6 aromatic carbocycles. The van der Waals surface area contributed by atoms with Crippen LogP contribution >= 0.6 is 134 Å². The molecule has 0 spiro atoms. The zero-order valence-corrected chi connectivity index (χ0v) is 64.5. The molecule has 6 amide bonds. The van der Waals surface area contributed by atoms with Crippen molar-refractivity contribution in [2.24, 2.45) is 0 Å². The third kappa shape index (κ3) is 23.8. The minimum absolute atomic E-state index is 0.0398. The van der Waals surface area contributed by atoms with E-state index in [0.29, 0.717) is 99.3 Å². The lowest BCUT2D eigenvalue weighted by atomic mass is 10.1. The molecule has 516 valence electrons. The van der Waals surface area contributed by atoms with Crippen molar-refractivity contribution in [3.8, 4) is 0 Å². The molecule has 6 aromatic rings. The van der Waals surface area contributed by atoms with Crippen molar-refractivity contribution in [3.63, 3.8) is 0 Å². The topological polar surface area (TPSA) is 122 Å². The maximum absolute atomic E-state index is 13.5. The fourth-order valence-corrected chi connectivity index (χ4v) is 21.6. The van der Waals surface area contributed by atoms with Crippen LogP contribution in [0.4, 0.5) is 34.1 Å². The van der Waals surface area contributed by atoms with Crippen LogP contribution < -0.4 is 14.7 Å². The normalized spacial score (nSPS) is 15.6. The second kappa shape index (κ2) is 41.0. The van der Waals surface area contributed by atoms with E-state index < -0.39 is 0 Å². The van der Waals surface area contributed by atoms with Gasteiger partial charge in [0.25, 0.3) is 0 Å². The zero-order valence-electron chi connectivity index (χ0n) is 55.1. The van der Waals surface area contributed by atoms with Crippen LogP contribution in [0, 0.1) is 0 Å². The first-order valence-corrected chi connectivity index (χ1v) is 41.6. The van der Waals surface area contributed by atoms with Gasteiger partial charge in [0.1, 0.15) is 0 Å². The molecule has 3 aliphatic rings. The Morgan fingerprint density at radius 2 is 0.573 bits per heavy atom. The molecule has 3 atom stereocenters. The Labute approximate surface area is 621 Å². The Bertz CT molecular complexity index is 3150. The van der Waals surface area contributed by atoms with E-state index in [9.17, 15) is 28.8 Å². The predicted octanol–water partition coefficient (Wildman–Crippen LogP) is 21.0. The highest BCUT2D eigenvalue weighted by molar-refractivity contribution is 8.78. The number of unbranched alkanes of at least 4 members (excludes halogenated alkanes) is 3. The highest BCUT2D eigenvalue weighted by atomic mass is 35.5. The van der Waals surface area contributed by atoms with E-state index in [-0.39, 0.29) is 54.7 Å². The second-order valence-corrected chi connectivity index (χ2v) is 34.7. The number of anilines is 6. The molecule has 96 heavy (non-hydrogen) atoms. The van der Waals surface area contributed by atoms with Gasteiger partial charge in [-0.1, -0.05) is 226 Å². The average Bonchev–Trinajstić information content (AvgIpc) is 0.934. The van der Waals surface area contributed by atoms with E-state index in [4.69, 9.17) is 69.6 Å². The van der Waals surface area contributed by atoms with Crippen LogP contribution in [0.2, 0.25) is 30.1 Å². The highest BCUT2D eigenvalue weighted by Crippen LogP contribution is 2.46. The SMILES string of the molecule is CN(C)C(=O)Cc1ccccc1N(C(=O)CCCCC1CCSS1)c1c(Cl)cccc1Cl.CN(C)C(=O)Cc1ccccc1N(C(=O)CCCC[C@@H]1CCSS1)c1c(Cl)cccc1Cl.CN(C)C(=O)Cc1ccccc1N(C(=O)CCCC[C@H]1CCSS1)c1c(Cl)cccc1Cl. The van der Waals surface area contributed by atoms with Crippen LogP contribution in [0.15, 0.2) is 127 Å². The van der Waals surface area contributed by atoms with Crippen LogP contribution in [0.5, 0.6) is 0 Å². The van der Waals surface area contributed by atoms with Crippen molar-refractivity contribution in [2.45, 2.75) is 131 Å². The third-order valence-electron chi connectivity index (χ3n) is 16.1. The van der Waals surface area contributed by atoms with Gasteiger partial charge in [0.2, 0.25) is 35.4 Å². The molecule has 0 aliphatic carbocycles. The lowest BCUT2D eigenvalue weighted by molar-refractivity contribution is -0.128. The first-order chi connectivity index (χ1) is 46.1. The number of halogens is 6. The average molecular weight is 1530 g/mol. The summed E-state index contributed by atoms with van der Waals surface area (Å²) in [6.07, 6.45) is 14.3. The van der Waals surface area contributed by atoms with Crippen LogP contribution in [-0.4, -0.2) is 125 Å². The number of hydrogen-bond donors (Lipinski definition) is 0. The molecular weight excluding hydrogens is 1450 g/mol. The number of carbonyl (C=O) groups is 6. The highest BCUT2D eigenvalue weighted by Gasteiger charge is 2.30. The number of likely N-dealkylation sites (N-methyl/N-ethyl adjacent to an activating group) is 3. The molecular formula is C72H84Cl6N6O6S6. The molecule has 24 heteroatoms. The summed E-state index contributed by atoms with van der Waals surface area (Å²) in [6, 6.07) is 38.0. The first-order valence-electron chi connectivity index (χ1n) is 32.1. The number of benzene rings is 6. The van der Waals surface area contributed by atoms with Crippen molar-refractivity contribution in [2.75, 3.05) is 74.2 Å². The molecule has 9 rings (SSSR count). The smallest absolute Gasteiger partial charge is 0.231 e. The van der Waals surface area contributed by atoms with Crippen molar-refractivity contribution < 1.29 is 28.8 Å². The van der Waals surface area contributed by atoms with Crippen molar-refractivity contribution >= 4 is 204 Å². The van der Waals surface area contributed by atoms with E-state index in [1.54, 1.807) is 126 Å². The lowest BCUT2D eigenvalue weighted by Crippen LogP contribution is -2.29. The molecule has 1 unspecified atom stereocenters. The van der Waals surface area contributed by atoms with Crippen LogP contribution in [0.25, 0.3) is 0 Å². The number of rotatable bonds is 27. The molecule has 12 nitrogen and oxygen atoms in total. The number of para-hydroxylation sites is 6. The van der Waals surface area contributed by atoms with Gasteiger partial charge < -0.3 is 14.7 Å². The summed E-state index contributed by atoms with van der Waals surface area (Å²) in [5, 5.41) is 4.50. The van der Waals surface area contributed by atoms with Gasteiger partial charge in [-0.3, -0.25) is 43.5 Å². The van der Waals surface area contributed by atoms with Crippen molar-refractivity contribution in [3.05, 3.63) is 174 Å². The molecule has 0 saturated carbocycles. The number of carbonyl (C=O) groups excluding carboxylic acids is 6. The van der Waals surface area contributed by atoms with Gasteiger partial charge in [0.05, 0.1) is 83.5 Å².